The number of phenolic OH excluding ortho intramolecular Hbond substituents is 1. The molecule has 1 atom stereocenters. The molecule has 110 valence electrons. The van der Waals surface area contributed by atoms with Crippen molar-refractivity contribution in [1.29, 1.82) is 0 Å². The molecule has 0 radical (unpaired) electrons. The van der Waals surface area contributed by atoms with Crippen molar-refractivity contribution in [2.45, 2.75) is 12.3 Å². The Morgan fingerprint density at radius 2 is 2.15 bits per heavy atom. The van der Waals surface area contributed by atoms with Gasteiger partial charge in [-0.3, -0.25) is 4.79 Å². The summed E-state index contributed by atoms with van der Waals surface area (Å²) in [6, 6.07) is 4.68. The van der Waals surface area contributed by atoms with E-state index < -0.39 is 15.2 Å². The van der Waals surface area contributed by atoms with Gasteiger partial charge in [0.05, 0.1) is 5.56 Å². The van der Waals surface area contributed by atoms with Crippen LogP contribution in [0.4, 0.5) is 5.69 Å². The number of carbonyl (C=O) groups is 1. The predicted octanol–water partition coefficient (Wildman–Crippen LogP) is 1.52. The van der Waals surface area contributed by atoms with E-state index in [-0.39, 0.29) is 17.1 Å². The summed E-state index contributed by atoms with van der Waals surface area (Å²) < 4.78 is 23.7. The highest BCUT2D eigenvalue weighted by Crippen LogP contribution is 2.30. The number of thioether (sulfide) groups is 1. The second-order valence-corrected chi connectivity index (χ2v) is 8.16. The summed E-state index contributed by atoms with van der Waals surface area (Å²) in [5, 5.41) is 9.29. The lowest BCUT2D eigenvalue weighted by atomic mass is 10.1. The second-order valence-electron chi connectivity index (χ2n) is 4.81. The number of rotatable bonds is 3. The Morgan fingerprint density at radius 3 is 2.70 bits per heavy atom. The SMILES string of the molecule is CC(=O)c1ccc(N2CCSCC2S(C)(=O)=O)cc1O. The number of sulfone groups is 1. The number of phenols is 1. The molecule has 0 saturated carbocycles. The lowest BCUT2D eigenvalue weighted by Crippen LogP contribution is -2.47. The van der Waals surface area contributed by atoms with Gasteiger partial charge >= 0.3 is 0 Å². The first-order chi connectivity index (χ1) is 9.30. The number of carbonyl (C=O) groups excluding carboxylic acids is 1. The minimum Gasteiger partial charge on any atom is -0.507 e. The number of hydrogen-bond donors (Lipinski definition) is 1. The zero-order valence-corrected chi connectivity index (χ0v) is 13.0. The van der Waals surface area contributed by atoms with Crippen molar-refractivity contribution in [3.8, 4) is 5.75 Å². The number of nitrogens with zero attached hydrogens (tertiary/aromatic N) is 1. The van der Waals surface area contributed by atoms with Crippen molar-refractivity contribution >= 4 is 33.1 Å². The molecule has 5 nitrogen and oxygen atoms in total. The number of Topliss-reactive ketones (excluding diaryl/α,β-unsaturated/α-hetero) is 1. The zero-order valence-electron chi connectivity index (χ0n) is 11.4. The van der Waals surface area contributed by atoms with Crippen LogP contribution in [0.25, 0.3) is 0 Å². The van der Waals surface area contributed by atoms with E-state index in [4.69, 9.17) is 0 Å². The van der Waals surface area contributed by atoms with Crippen LogP contribution in [0.5, 0.6) is 5.75 Å². The van der Waals surface area contributed by atoms with Gasteiger partial charge in [0, 0.05) is 36.1 Å². The largest absolute Gasteiger partial charge is 0.507 e. The number of anilines is 1. The minimum absolute atomic E-state index is 0.111. The van der Waals surface area contributed by atoms with E-state index >= 15 is 0 Å². The first-order valence-corrected chi connectivity index (χ1v) is 9.29. The maximum Gasteiger partial charge on any atom is 0.169 e. The molecular weight excluding hydrogens is 298 g/mol. The van der Waals surface area contributed by atoms with Gasteiger partial charge in [-0.05, 0) is 19.1 Å². The molecule has 1 aliphatic rings. The van der Waals surface area contributed by atoms with Gasteiger partial charge < -0.3 is 10.0 Å². The first kappa shape index (κ1) is 15.2. The van der Waals surface area contributed by atoms with Gasteiger partial charge in [-0.2, -0.15) is 11.8 Å². The summed E-state index contributed by atoms with van der Waals surface area (Å²) in [6.45, 7) is 1.98. The van der Waals surface area contributed by atoms with E-state index in [2.05, 4.69) is 0 Å². The quantitative estimate of drug-likeness (QED) is 0.853. The van der Waals surface area contributed by atoms with Crippen molar-refractivity contribution in [2.24, 2.45) is 0 Å². The Balaban J connectivity index is 2.38. The Labute approximate surface area is 122 Å². The fraction of sp³-hybridized carbons (Fsp3) is 0.462. The molecule has 0 aliphatic carbocycles. The van der Waals surface area contributed by atoms with E-state index in [0.29, 0.717) is 18.0 Å². The lowest BCUT2D eigenvalue weighted by molar-refractivity contribution is 0.101. The number of benzene rings is 1. The van der Waals surface area contributed by atoms with Crippen molar-refractivity contribution in [1.82, 2.24) is 0 Å². The van der Waals surface area contributed by atoms with Crippen LogP contribution in [0.3, 0.4) is 0 Å². The van der Waals surface area contributed by atoms with Gasteiger partial charge in [0.25, 0.3) is 0 Å². The highest BCUT2D eigenvalue weighted by atomic mass is 32.2. The Kier molecular flexibility index (Phi) is 4.29. The standard InChI is InChI=1S/C13H17NO4S2/c1-9(15)11-4-3-10(7-12(11)16)14-5-6-19-8-13(14)20(2,17)18/h3-4,7,13,16H,5-6,8H2,1-2H3. The molecule has 2 rings (SSSR count). The molecule has 1 aliphatic heterocycles. The molecule has 1 unspecified atom stereocenters. The third-order valence-electron chi connectivity index (χ3n) is 3.27. The summed E-state index contributed by atoms with van der Waals surface area (Å²) in [7, 11) is -3.21. The van der Waals surface area contributed by atoms with Crippen LogP contribution in [-0.4, -0.2) is 49.0 Å². The summed E-state index contributed by atoms with van der Waals surface area (Å²) in [6.07, 6.45) is 1.22. The van der Waals surface area contributed by atoms with Crippen LogP contribution in [0, 0.1) is 0 Å². The normalized spacial score (nSPS) is 19.9. The number of aromatic hydroxyl groups is 1. The van der Waals surface area contributed by atoms with Gasteiger partial charge in [-0.15, -0.1) is 0 Å². The van der Waals surface area contributed by atoms with E-state index in [1.807, 2.05) is 0 Å². The molecule has 20 heavy (non-hydrogen) atoms. The van der Waals surface area contributed by atoms with Crippen molar-refractivity contribution in [3.05, 3.63) is 23.8 Å². The van der Waals surface area contributed by atoms with Crippen molar-refractivity contribution in [2.75, 3.05) is 29.2 Å². The topological polar surface area (TPSA) is 74.7 Å². The average molecular weight is 315 g/mol. The molecule has 1 aromatic carbocycles. The highest BCUT2D eigenvalue weighted by molar-refractivity contribution is 8.01. The smallest absolute Gasteiger partial charge is 0.169 e. The van der Waals surface area contributed by atoms with E-state index in [1.54, 1.807) is 22.7 Å². The zero-order chi connectivity index (χ0) is 14.9. The lowest BCUT2D eigenvalue weighted by Gasteiger charge is -2.36. The average Bonchev–Trinajstić information content (AvgIpc) is 2.37. The van der Waals surface area contributed by atoms with Crippen molar-refractivity contribution < 1.29 is 18.3 Å². The van der Waals surface area contributed by atoms with E-state index in [9.17, 15) is 18.3 Å². The van der Waals surface area contributed by atoms with Crippen LogP contribution in [0.1, 0.15) is 17.3 Å². The Morgan fingerprint density at radius 1 is 1.45 bits per heavy atom. The summed E-state index contributed by atoms with van der Waals surface area (Å²) in [4.78, 5) is 13.1. The summed E-state index contributed by atoms with van der Waals surface area (Å²) in [5.41, 5.74) is 0.874. The molecule has 1 aromatic rings. The fourth-order valence-corrected chi connectivity index (χ4v) is 5.07. The van der Waals surface area contributed by atoms with Crippen LogP contribution in [0.15, 0.2) is 18.2 Å². The molecule has 0 bridgehead atoms. The van der Waals surface area contributed by atoms with Gasteiger partial charge in [0.2, 0.25) is 0 Å². The second kappa shape index (κ2) is 5.65. The summed E-state index contributed by atoms with van der Waals surface area (Å²) in [5.74, 6) is 1.01. The van der Waals surface area contributed by atoms with Gasteiger partial charge in [-0.25, -0.2) is 8.42 Å². The van der Waals surface area contributed by atoms with Crippen LogP contribution in [-0.2, 0) is 9.84 Å². The molecule has 1 heterocycles. The van der Waals surface area contributed by atoms with E-state index in [1.165, 1.54) is 25.3 Å². The number of hydrogen-bond acceptors (Lipinski definition) is 6. The third-order valence-corrected chi connectivity index (χ3v) is 5.91. The predicted molar refractivity (Wildman–Crippen MR) is 81.4 cm³/mol. The monoisotopic (exact) mass is 315 g/mol. The van der Waals surface area contributed by atoms with Crippen molar-refractivity contribution in [3.63, 3.8) is 0 Å². The molecule has 0 amide bonds. The minimum atomic E-state index is -3.21. The molecule has 1 saturated heterocycles. The third kappa shape index (κ3) is 3.09. The van der Waals surface area contributed by atoms with Gasteiger partial charge in [0.15, 0.2) is 15.6 Å². The Hall–Kier alpha value is -1.21. The summed E-state index contributed by atoms with van der Waals surface area (Å²) >= 11 is 1.60. The van der Waals surface area contributed by atoms with E-state index in [0.717, 1.165) is 5.75 Å². The van der Waals surface area contributed by atoms with Crippen LogP contribution >= 0.6 is 11.8 Å². The maximum atomic E-state index is 11.9. The first-order valence-electron chi connectivity index (χ1n) is 6.18. The number of ketones is 1. The van der Waals surface area contributed by atoms with Gasteiger partial charge in [-0.1, -0.05) is 0 Å². The molecule has 7 heteroatoms. The van der Waals surface area contributed by atoms with Crippen LogP contribution < -0.4 is 4.90 Å². The molecule has 0 aromatic heterocycles. The van der Waals surface area contributed by atoms with Gasteiger partial charge in [0.1, 0.15) is 11.1 Å². The van der Waals surface area contributed by atoms with Crippen LogP contribution in [0.2, 0.25) is 0 Å². The highest BCUT2D eigenvalue weighted by Gasteiger charge is 2.31. The maximum absolute atomic E-state index is 11.9. The molecule has 1 fully saturated rings. The molecule has 0 spiro atoms. The molecule has 1 N–H and O–H groups in total. The fourth-order valence-electron chi connectivity index (χ4n) is 2.23. The molecular formula is C13H17NO4S2. The Bertz CT molecular complexity index is 627.